The van der Waals surface area contributed by atoms with Crippen LogP contribution < -0.4 is 5.73 Å². The second-order valence-corrected chi connectivity index (χ2v) is 4.12. The third kappa shape index (κ3) is 4.08. The lowest BCUT2D eigenvalue weighted by atomic mass is 9.99. The number of carbonyl (C=O) groups excluding carboxylic acids is 1. The number of rotatable bonds is 5. The van der Waals surface area contributed by atoms with Crippen LogP contribution in [0.5, 0.6) is 0 Å². The molecule has 118 valence electrons. The maximum atomic E-state index is 13.7. The largest absolute Gasteiger partial charge is 0.462 e. The third-order valence-corrected chi connectivity index (χ3v) is 2.73. The minimum absolute atomic E-state index is 0. The topological polar surface area (TPSA) is 95.5 Å². The predicted molar refractivity (Wildman–Crippen MR) is 73.6 cm³/mol. The van der Waals surface area contributed by atoms with E-state index in [1.54, 1.807) is 0 Å². The van der Waals surface area contributed by atoms with Gasteiger partial charge in [0.1, 0.15) is 6.04 Å². The van der Waals surface area contributed by atoms with E-state index >= 15 is 0 Å². The lowest BCUT2D eigenvalue weighted by molar-refractivity contribution is -0.385. The van der Waals surface area contributed by atoms with Gasteiger partial charge in [-0.1, -0.05) is 12.1 Å². The van der Waals surface area contributed by atoms with Crippen LogP contribution in [0.3, 0.4) is 0 Å². The van der Waals surface area contributed by atoms with Crippen molar-refractivity contribution in [3.05, 3.63) is 39.4 Å². The Bertz CT molecular complexity index is 540. The summed E-state index contributed by atoms with van der Waals surface area (Å²) in [5.74, 6) is -5.71. The molecule has 0 fully saturated rings. The van der Waals surface area contributed by atoms with Crippen molar-refractivity contribution in [2.45, 2.75) is 25.8 Å². The van der Waals surface area contributed by atoms with Gasteiger partial charge in [-0.25, -0.2) is 4.79 Å². The molecule has 9 heteroatoms. The van der Waals surface area contributed by atoms with Crippen LogP contribution in [0, 0.1) is 17.0 Å². The first-order valence-corrected chi connectivity index (χ1v) is 5.77. The lowest BCUT2D eigenvalue weighted by Gasteiger charge is -2.21. The highest BCUT2D eigenvalue weighted by Gasteiger charge is 2.48. The van der Waals surface area contributed by atoms with E-state index < -0.39 is 22.9 Å². The van der Waals surface area contributed by atoms with Crippen molar-refractivity contribution in [3.8, 4) is 0 Å². The first kappa shape index (κ1) is 19.2. The van der Waals surface area contributed by atoms with Gasteiger partial charge in [0.05, 0.1) is 11.5 Å². The van der Waals surface area contributed by atoms with E-state index in [-0.39, 0.29) is 30.3 Å². The van der Waals surface area contributed by atoms with Crippen LogP contribution in [0.1, 0.15) is 24.1 Å². The van der Waals surface area contributed by atoms with E-state index in [1.165, 1.54) is 26.0 Å². The molecule has 0 saturated carbocycles. The van der Waals surface area contributed by atoms with Crippen LogP contribution in [0.25, 0.3) is 0 Å². The smallest absolute Gasteiger partial charge is 0.379 e. The Kier molecular flexibility index (Phi) is 6.65. The number of hydrogen-bond acceptors (Lipinski definition) is 5. The van der Waals surface area contributed by atoms with Crippen molar-refractivity contribution in [3.63, 3.8) is 0 Å². The summed E-state index contributed by atoms with van der Waals surface area (Å²) in [5, 5.41) is 10.8. The molecule has 21 heavy (non-hydrogen) atoms. The molecule has 0 aliphatic carbocycles. The number of hydrogen-bond donors (Lipinski definition) is 1. The van der Waals surface area contributed by atoms with Crippen LogP contribution in [-0.4, -0.2) is 23.4 Å². The van der Waals surface area contributed by atoms with Gasteiger partial charge in [-0.2, -0.15) is 8.78 Å². The van der Waals surface area contributed by atoms with Crippen LogP contribution in [0.15, 0.2) is 18.2 Å². The second-order valence-electron chi connectivity index (χ2n) is 4.12. The summed E-state index contributed by atoms with van der Waals surface area (Å²) in [6, 6.07) is 1.45. The molecular weight excluding hydrogens is 310 g/mol. The van der Waals surface area contributed by atoms with Crippen molar-refractivity contribution < 1.29 is 23.2 Å². The lowest BCUT2D eigenvalue weighted by Crippen LogP contribution is -2.41. The van der Waals surface area contributed by atoms with E-state index in [2.05, 4.69) is 4.74 Å². The Morgan fingerprint density at radius 1 is 1.52 bits per heavy atom. The summed E-state index contributed by atoms with van der Waals surface area (Å²) in [6.07, 6.45) is 0. The summed E-state index contributed by atoms with van der Waals surface area (Å²) in [7, 11) is 0. The molecular formula is C12H15ClF2N2O4. The quantitative estimate of drug-likeness (QED) is 0.510. The molecule has 2 N–H and O–H groups in total. The molecule has 0 aromatic heterocycles. The van der Waals surface area contributed by atoms with Gasteiger partial charge < -0.3 is 10.5 Å². The molecule has 0 heterocycles. The number of aryl methyl sites for hydroxylation is 1. The molecule has 1 aromatic rings. The molecule has 0 aliphatic heterocycles. The van der Waals surface area contributed by atoms with Gasteiger partial charge in [0.25, 0.3) is 5.69 Å². The molecule has 1 rings (SSSR count). The fraction of sp³-hybridized carbons (Fsp3) is 0.417. The van der Waals surface area contributed by atoms with Crippen LogP contribution in [0.2, 0.25) is 0 Å². The molecule has 0 saturated heterocycles. The van der Waals surface area contributed by atoms with Gasteiger partial charge in [0, 0.05) is 11.6 Å². The molecule has 0 radical (unpaired) electrons. The van der Waals surface area contributed by atoms with Crippen LogP contribution >= 0.6 is 12.4 Å². The minimum atomic E-state index is -3.96. The van der Waals surface area contributed by atoms with Crippen LogP contribution in [0.4, 0.5) is 14.5 Å². The van der Waals surface area contributed by atoms with Gasteiger partial charge >= 0.3 is 11.9 Å². The molecule has 0 unspecified atom stereocenters. The summed E-state index contributed by atoms with van der Waals surface area (Å²) < 4.78 is 31.7. The molecule has 0 aliphatic rings. The fourth-order valence-corrected chi connectivity index (χ4v) is 1.58. The number of carbonyl (C=O) groups is 1. The Hall–Kier alpha value is -1.80. The van der Waals surface area contributed by atoms with Gasteiger partial charge in [0.2, 0.25) is 0 Å². The van der Waals surface area contributed by atoms with E-state index in [0.29, 0.717) is 5.56 Å². The number of halogens is 3. The highest BCUT2D eigenvalue weighted by Crippen LogP contribution is 2.33. The zero-order chi connectivity index (χ0) is 15.5. The molecule has 6 nitrogen and oxygen atoms in total. The average molecular weight is 325 g/mol. The second kappa shape index (κ2) is 7.28. The van der Waals surface area contributed by atoms with Crippen molar-refractivity contribution in [1.82, 2.24) is 0 Å². The van der Waals surface area contributed by atoms with Crippen molar-refractivity contribution in [1.29, 1.82) is 0 Å². The van der Waals surface area contributed by atoms with Gasteiger partial charge in [-0.05, 0) is 19.4 Å². The Morgan fingerprint density at radius 2 is 2.10 bits per heavy atom. The minimum Gasteiger partial charge on any atom is -0.462 e. The first-order valence-electron chi connectivity index (χ1n) is 5.77. The van der Waals surface area contributed by atoms with Crippen molar-refractivity contribution in [2.24, 2.45) is 5.73 Å². The summed E-state index contributed by atoms with van der Waals surface area (Å²) >= 11 is 0. The number of nitro benzene ring substituents is 1. The molecule has 0 spiro atoms. The summed E-state index contributed by atoms with van der Waals surface area (Å²) in [4.78, 5) is 21.2. The van der Waals surface area contributed by atoms with E-state index in [0.717, 1.165) is 6.07 Å². The fourth-order valence-electron chi connectivity index (χ4n) is 1.58. The Morgan fingerprint density at radius 3 is 2.57 bits per heavy atom. The molecule has 1 aromatic carbocycles. The number of benzene rings is 1. The van der Waals surface area contributed by atoms with Crippen LogP contribution in [-0.2, 0) is 9.53 Å². The predicted octanol–water partition coefficient (Wildman–Crippen LogP) is 2.52. The van der Waals surface area contributed by atoms with E-state index in [9.17, 15) is 23.7 Å². The zero-order valence-corrected chi connectivity index (χ0v) is 12.2. The number of nitro groups is 1. The highest BCUT2D eigenvalue weighted by molar-refractivity contribution is 5.85. The van der Waals surface area contributed by atoms with Crippen molar-refractivity contribution in [2.75, 3.05) is 6.61 Å². The first-order chi connectivity index (χ1) is 9.21. The summed E-state index contributed by atoms with van der Waals surface area (Å²) in [5.41, 5.74) is 5.12. The van der Waals surface area contributed by atoms with E-state index in [4.69, 9.17) is 5.73 Å². The molecule has 0 amide bonds. The third-order valence-electron chi connectivity index (χ3n) is 2.73. The monoisotopic (exact) mass is 324 g/mol. The van der Waals surface area contributed by atoms with Gasteiger partial charge in [0.15, 0.2) is 0 Å². The number of nitrogens with zero attached hydrogens (tertiary/aromatic N) is 1. The maximum Gasteiger partial charge on any atom is 0.379 e. The van der Waals surface area contributed by atoms with Gasteiger partial charge in [-0.3, -0.25) is 10.1 Å². The maximum absolute atomic E-state index is 13.7. The van der Waals surface area contributed by atoms with Crippen molar-refractivity contribution >= 4 is 24.1 Å². The number of esters is 1. The standard InChI is InChI=1S/C12H14F2N2O4.ClH/c1-3-20-11(17)12(13,14)10(15)8-5-4-7(2)9(6-8)16(18)19;/h4-6,10H,3,15H2,1-2H3;1H/t10-;/m1./s1. The Labute approximate surface area is 125 Å². The normalized spacial score (nSPS) is 12.2. The Balaban J connectivity index is 0.00000400. The van der Waals surface area contributed by atoms with Gasteiger partial charge in [-0.15, -0.1) is 12.4 Å². The number of ether oxygens (including phenoxy) is 1. The molecule has 0 bridgehead atoms. The average Bonchev–Trinajstić information content (AvgIpc) is 2.38. The molecule has 1 atom stereocenters. The van der Waals surface area contributed by atoms with E-state index in [1.807, 2.05) is 0 Å². The number of alkyl halides is 2. The highest BCUT2D eigenvalue weighted by atomic mass is 35.5. The number of nitrogens with two attached hydrogens (primary N) is 1. The SMILES string of the molecule is CCOC(=O)C(F)(F)[C@H](N)c1ccc(C)c([N+](=O)[O-])c1.Cl. The summed E-state index contributed by atoms with van der Waals surface area (Å²) in [6.45, 7) is 2.64. The zero-order valence-electron chi connectivity index (χ0n) is 11.3.